The maximum absolute atomic E-state index is 13.0. The van der Waals surface area contributed by atoms with Crippen LogP contribution in [0.3, 0.4) is 0 Å². The Morgan fingerprint density at radius 2 is 1.86 bits per heavy atom. The van der Waals surface area contributed by atoms with Crippen molar-refractivity contribution in [2.75, 3.05) is 5.32 Å². The van der Waals surface area contributed by atoms with Crippen LogP contribution >= 0.6 is 0 Å². The second-order valence-corrected chi connectivity index (χ2v) is 7.17. The summed E-state index contributed by atoms with van der Waals surface area (Å²) in [5.41, 5.74) is 4.37. The standard InChI is InChI=1S/C22H22N4O2/c1-13-8-7-11-16(12-13)18-17-14(2)25-26(3)20(17)24-22(28)19(18)23-21(27)15-9-5-4-6-10-15/h4-12,18-19H,1-3H3,(H,23,27)(H,24,28)/t18-,19-/m0/s1. The molecule has 2 N–H and O–H groups in total. The molecule has 1 aliphatic rings. The third kappa shape index (κ3) is 3.07. The normalized spacial score (nSPS) is 18.3. The molecule has 3 aromatic rings. The molecule has 142 valence electrons. The Morgan fingerprint density at radius 1 is 1.11 bits per heavy atom. The molecule has 0 saturated carbocycles. The summed E-state index contributed by atoms with van der Waals surface area (Å²) in [6, 6.07) is 16.2. The van der Waals surface area contributed by atoms with Crippen LogP contribution in [0, 0.1) is 13.8 Å². The van der Waals surface area contributed by atoms with Gasteiger partial charge in [0.1, 0.15) is 11.9 Å². The highest BCUT2D eigenvalue weighted by molar-refractivity contribution is 6.03. The van der Waals surface area contributed by atoms with Crippen LogP contribution in [0.15, 0.2) is 54.6 Å². The second-order valence-electron chi connectivity index (χ2n) is 7.17. The van der Waals surface area contributed by atoms with Crippen molar-refractivity contribution in [3.8, 4) is 0 Å². The fourth-order valence-electron chi connectivity index (χ4n) is 3.89. The second kappa shape index (κ2) is 6.96. The van der Waals surface area contributed by atoms with Crippen molar-refractivity contribution < 1.29 is 9.59 Å². The Bertz CT molecular complexity index is 1060. The van der Waals surface area contributed by atoms with Crippen molar-refractivity contribution in [3.05, 3.63) is 82.5 Å². The minimum Gasteiger partial charge on any atom is -0.339 e. The number of aryl methyl sites for hydroxylation is 3. The summed E-state index contributed by atoms with van der Waals surface area (Å²) in [5, 5.41) is 10.3. The number of carbonyl (C=O) groups is 2. The summed E-state index contributed by atoms with van der Waals surface area (Å²) in [7, 11) is 1.81. The van der Waals surface area contributed by atoms with E-state index in [0.29, 0.717) is 11.4 Å². The first-order valence-electron chi connectivity index (χ1n) is 9.22. The number of nitrogens with one attached hydrogen (secondary N) is 2. The van der Waals surface area contributed by atoms with E-state index in [2.05, 4.69) is 21.8 Å². The van der Waals surface area contributed by atoms with Crippen LogP contribution in [0.2, 0.25) is 0 Å². The predicted molar refractivity (Wildman–Crippen MR) is 107 cm³/mol. The van der Waals surface area contributed by atoms with Gasteiger partial charge in [-0.05, 0) is 31.5 Å². The van der Waals surface area contributed by atoms with Crippen molar-refractivity contribution in [1.29, 1.82) is 0 Å². The molecule has 2 aromatic carbocycles. The Kier molecular flexibility index (Phi) is 4.47. The van der Waals surface area contributed by atoms with Crippen LogP contribution < -0.4 is 10.6 Å². The molecule has 0 radical (unpaired) electrons. The van der Waals surface area contributed by atoms with E-state index in [1.165, 1.54) is 0 Å². The highest BCUT2D eigenvalue weighted by Gasteiger charge is 2.41. The van der Waals surface area contributed by atoms with Gasteiger partial charge in [0.25, 0.3) is 5.91 Å². The molecule has 1 aromatic heterocycles. The zero-order valence-corrected chi connectivity index (χ0v) is 16.1. The lowest BCUT2D eigenvalue weighted by atomic mass is 9.81. The number of rotatable bonds is 3. The Hall–Kier alpha value is -3.41. The van der Waals surface area contributed by atoms with Gasteiger partial charge in [0.15, 0.2) is 0 Å². The summed E-state index contributed by atoms with van der Waals surface area (Å²) in [4.78, 5) is 25.8. The van der Waals surface area contributed by atoms with Crippen LogP contribution in [0.1, 0.15) is 38.7 Å². The van der Waals surface area contributed by atoms with E-state index < -0.39 is 6.04 Å². The van der Waals surface area contributed by atoms with E-state index in [4.69, 9.17) is 0 Å². The number of nitrogens with zero attached hydrogens (tertiary/aromatic N) is 2. The number of anilines is 1. The minimum absolute atomic E-state index is 0.244. The predicted octanol–water partition coefficient (Wildman–Crippen LogP) is 2.92. The molecular formula is C22H22N4O2. The summed E-state index contributed by atoms with van der Waals surface area (Å²) in [6.07, 6.45) is 0. The van der Waals surface area contributed by atoms with Crippen molar-refractivity contribution >= 4 is 17.6 Å². The van der Waals surface area contributed by atoms with E-state index in [1.807, 2.05) is 45.2 Å². The Balaban J connectivity index is 1.80. The summed E-state index contributed by atoms with van der Waals surface area (Å²) >= 11 is 0. The number of aromatic nitrogens is 2. The Labute approximate surface area is 163 Å². The van der Waals surface area contributed by atoms with E-state index in [0.717, 1.165) is 22.4 Å². The molecule has 0 bridgehead atoms. The van der Waals surface area contributed by atoms with Gasteiger partial charge in [0, 0.05) is 24.1 Å². The maximum Gasteiger partial charge on any atom is 0.251 e. The molecular weight excluding hydrogens is 352 g/mol. The van der Waals surface area contributed by atoms with E-state index >= 15 is 0 Å². The lowest BCUT2D eigenvalue weighted by Gasteiger charge is -2.32. The lowest BCUT2D eigenvalue weighted by Crippen LogP contribution is -2.50. The highest BCUT2D eigenvalue weighted by Crippen LogP contribution is 2.39. The number of carbonyl (C=O) groups excluding carboxylic acids is 2. The first kappa shape index (κ1) is 18.0. The van der Waals surface area contributed by atoms with Crippen LogP contribution in [0.4, 0.5) is 5.82 Å². The minimum atomic E-state index is -0.732. The third-order valence-corrected chi connectivity index (χ3v) is 5.16. The summed E-state index contributed by atoms with van der Waals surface area (Å²) in [5.74, 6) is -0.154. The third-order valence-electron chi connectivity index (χ3n) is 5.16. The molecule has 0 spiro atoms. The number of benzene rings is 2. The SMILES string of the molecule is Cc1cccc([C@H]2c3c(C)nn(C)c3NC(=O)[C@H]2NC(=O)c2ccccc2)c1. The number of amides is 2. The van der Waals surface area contributed by atoms with E-state index in [1.54, 1.807) is 28.9 Å². The smallest absolute Gasteiger partial charge is 0.251 e. The topological polar surface area (TPSA) is 76.0 Å². The molecule has 0 aliphatic carbocycles. The number of hydrogen-bond acceptors (Lipinski definition) is 3. The molecule has 2 atom stereocenters. The zero-order valence-electron chi connectivity index (χ0n) is 16.1. The molecule has 2 heterocycles. The first-order chi connectivity index (χ1) is 13.5. The highest BCUT2D eigenvalue weighted by atomic mass is 16.2. The van der Waals surface area contributed by atoms with Gasteiger partial charge in [-0.3, -0.25) is 14.3 Å². The fourth-order valence-corrected chi connectivity index (χ4v) is 3.89. The lowest BCUT2D eigenvalue weighted by molar-refractivity contribution is -0.118. The molecule has 1 aliphatic heterocycles. The van der Waals surface area contributed by atoms with E-state index in [-0.39, 0.29) is 17.7 Å². The van der Waals surface area contributed by atoms with Crippen LogP contribution in [-0.4, -0.2) is 27.6 Å². The average Bonchev–Trinajstić information content (AvgIpc) is 2.96. The average molecular weight is 374 g/mol. The maximum atomic E-state index is 13.0. The largest absolute Gasteiger partial charge is 0.339 e. The summed E-state index contributed by atoms with van der Waals surface area (Å²) < 4.78 is 1.68. The van der Waals surface area contributed by atoms with Crippen molar-refractivity contribution in [3.63, 3.8) is 0 Å². The van der Waals surface area contributed by atoms with Crippen molar-refractivity contribution in [1.82, 2.24) is 15.1 Å². The summed E-state index contributed by atoms with van der Waals surface area (Å²) in [6.45, 7) is 3.94. The first-order valence-corrected chi connectivity index (χ1v) is 9.22. The zero-order chi connectivity index (χ0) is 19.8. The molecule has 28 heavy (non-hydrogen) atoms. The Morgan fingerprint density at radius 3 is 2.57 bits per heavy atom. The number of hydrogen-bond donors (Lipinski definition) is 2. The number of fused-ring (bicyclic) bond motifs is 1. The van der Waals surface area contributed by atoms with Crippen LogP contribution in [-0.2, 0) is 11.8 Å². The van der Waals surface area contributed by atoms with Gasteiger partial charge in [-0.25, -0.2) is 0 Å². The molecule has 2 amide bonds. The molecule has 6 nitrogen and oxygen atoms in total. The van der Waals surface area contributed by atoms with E-state index in [9.17, 15) is 9.59 Å². The van der Waals surface area contributed by atoms with Crippen molar-refractivity contribution in [2.45, 2.75) is 25.8 Å². The van der Waals surface area contributed by atoms with Crippen molar-refractivity contribution in [2.24, 2.45) is 7.05 Å². The molecule has 0 fully saturated rings. The van der Waals surface area contributed by atoms with Gasteiger partial charge in [-0.15, -0.1) is 0 Å². The monoisotopic (exact) mass is 374 g/mol. The van der Waals surface area contributed by atoms with Crippen LogP contribution in [0.25, 0.3) is 0 Å². The molecule has 0 saturated heterocycles. The van der Waals surface area contributed by atoms with Gasteiger partial charge < -0.3 is 10.6 Å². The molecule has 0 unspecified atom stereocenters. The van der Waals surface area contributed by atoms with Crippen LogP contribution in [0.5, 0.6) is 0 Å². The van der Waals surface area contributed by atoms with Gasteiger partial charge >= 0.3 is 0 Å². The molecule has 4 rings (SSSR count). The molecule has 6 heteroatoms. The van der Waals surface area contributed by atoms with Gasteiger partial charge in [0.05, 0.1) is 5.69 Å². The fraction of sp³-hybridized carbons (Fsp3) is 0.227. The van der Waals surface area contributed by atoms with Gasteiger partial charge in [0.2, 0.25) is 5.91 Å². The quantitative estimate of drug-likeness (QED) is 0.740. The van der Waals surface area contributed by atoms with Gasteiger partial charge in [-0.2, -0.15) is 5.10 Å². The van der Waals surface area contributed by atoms with Gasteiger partial charge in [-0.1, -0.05) is 48.0 Å².